The Kier molecular flexibility index (Phi) is 13.6. The van der Waals surface area contributed by atoms with Crippen LogP contribution in [0.5, 0.6) is 0 Å². The maximum atomic E-state index is 11.9. The fourth-order valence-corrected chi connectivity index (χ4v) is 6.32. The molecule has 3 nitrogen and oxygen atoms in total. The molecule has 1 aliphatic heterocycles. The zero-order valence-electron chi connectivity index (χ0n) is 23.1. The predicted molar refractivity (Wildman–Crippen MR) is 159 cm³/mol. The van der Waals surface area contributed by atoms with Crippen LogP contribution in [0, 0.1) is 0 Å². The van der Waals surface area contributed by atoms with Crippen LogP contribution >= 0.6 is 11.8 Å². The average Bonchev–Trinajstić information content (AvgIpc) is 2.89. The van der Waals surface area contributed by atoms with E-state index in [1.165, 1.54) is 119 Å². The largest absolute Gasteiger partial charge is 0.372 e. The standard InChI is InChI=1S/C32H50N2OS/c1-3-5-7-9-11-13-15-17-23-34(24-18-16-14-12-10-8-6-4-2)27-19-21-29-31(25-27)36-32-26-28(35)20-22-30(32)33-29/h19-22,25,33H,3-18,23-24,26H2,1-2H3. The van der Waals surface area contributed by atoms with Crippen molar-refractivity contribution < 1.29 is 4.79 Å². The van der Waals surface area contributed by atoms with Crippen molar-refractivity contribution >= 4 is 28.9 Å². The minimum atomic E-state index is 0.202. The molecule has 0 unspecified atom stereocenters. The second-order valence-electron chi connectivity index (χ2n) is 10.7. The van der Waals surface area contributed by atoms with Gasteiger partial charge >= 0.3 is 0 Å². The third-order valence-corrected chi connectivity index (χ3v) is 8.64. The lowest BCUT2D eigenvalue weighted by molar-refractivity contribution is -0.114. The van der Waals surface area contributed by atoms with Crippen LogP contribution in [0.4, 0.5) is 11.4 Å². The monoisotopic (exact) mass is 510 g/mol. The third kappa shape index (κ3) is 10.00. The van der Waals surface area contributed by atoms with Crippen LogP contribution in [0.1, 0.15) is 123 Å². The van der Waals surface area contributed by atoms with E-state index in [1.54, 1.807) is 17.8 Å². The van der Waals surface area contributed by atoms with Crippen molar-refractivity contribution in [3.63, 3.8) is 0 Å². The molecule has 0 saturated heterocycles. The summed E-state index contributed by atoms with van der Waals surface area (Å²) in [6, 6.07) is 6.89. The molecule has 0 fully saturated rings. The van der Waals surface area contributed by atoms with Gasteiger partial charge in [0.15, 0.2) is 5.78 Å². The van der Waals surface area contributed by atoms with Gasteiger partial charge in [-0.1, -0.05) is 116 Å². The van der Waals surface area contributed by atoms with Crippen molar-refractivity contribution in [3.05, 3.63) is 41.0 Å². The topological polar surface area (TPSA) is 32.3 Å². The number of anilines is 2. The second-order valence-corrected chi connectivity index (χ2v) is 11.8. The molecule has 0 amide bonds. The molecule has 2 aliphatic rings. The summed E-state index contributed by atoms with van der Waals surface area (Å²) >= 11 is 1.78. The first-order valence-corrected chi connectivity index (χ1v) is 15.8. The Morgan fingerprint density at radius 3 is 1.89 bits per heavy atom. The molecular weight excluding hydrogens is 460 g/mol. The predicted octanol–water partition coefficient (Wildman–Crippen LogP) is 10.0. The van der Waals surface area contributed by atoms with Gasteiger partial charge in [-0.15, -0.1) is 0 Å². The first kappa shape index (κ1) is 28.9. The van der Waals surface area contributed by atoms with Gasteiger partial charge in [-0.2, -0.15) is 0 Å². The lowest BCUT2D eigenvalue weighted by Gasteiger charge is -2.29. The molecule has 4 heteroatoms. The highest BCUT2D eigenvalue weighted by Crippen LogP contribution is 2.44. The summed E-state index contributed by atoms with van der Waals surface area (Å²) in [6.07, 6.45) is 26.0. The van der Waals surface area contributed by atoms with Gasteiger partial charge in [0.25, 0.3) is 0 Å². The summed E-state index contributed by atoms with van der Waals surface area (Å²) in [5, 5.41) is 3.55. The van der Waals surface area contributed by atoms with Gasteiger partial charge < -0.3 is 10.2 Å². The van der Waals surface area contributed by atoms with Gasteiger partial charge in [0.1, 0.15) is 0 Å². The second kappa shape index (κ2) is 16.9. The number of allylic oxidation sites excluding steroid dienone is 3. The highest BCUT2D eigenvalue weighted by atomic mass is 32.2. The molecule has 1 aromatic carbocycles. The Morgan fingerprint density at radius 1 is 0.750 bits per heavy atom. The number of fused-ring (bicyclic) bond motifs is 1. The maximum Gasteiger partial charge on any atom is 0.160 e. The number of nitrogens with one attached hydrogen (secondary N) is 1. The van der Waals surface area contributed by atoms with E-state index in [9.17, 15) is 4.79 Å². The molecule has 200 valence electrons. The minimum Gasteiger partial charge on any atom is -0.372 e. The molecule has 0 aromatic heterocycles. The van der Waals surface area contributed by atoms with Crippen LogP contribution < -0.4 is 10.2 Å². The number of unbranched alkanes of at least 4 members (excludes halogenated alkanes) is 14. The normalized spacial score (nSPS) is 14.6. The van der Waals surface area contributed by atoms with Crippen LogP contribution in [-0.4, -0.2) is 18.9 Å². The zero-order chi connectivity index (χ0) is 25.4. The number of benzene rings is 1. The van der Waals surface area contributed by atoms with E-state index < -0.39 is 0 Å². The molecule has 0 radical (unpaired) electrons. The number of hydrogen-bond donors (Lipinski definition) is 1. The summed E-state index contributed by atoms with van der Waals surface area (Å²) in [4.78, 5) is 17.0. The van der Waals surface area contributed by atoms with Crippen molar-refractivity contribution in [2.45, 2.75) is 128 Å². The number of carbonyl (C=O) groups excluding carboxylic acids is 1. The van der Waals surface area contributed by atoms with E-state index in [0.29, 0.717) is 6.42 Å². The van der Waals surface area contributed by atoms with Gasteiger partial charge in [0.2, 0.25) is 0 Å². The Morgan fingerprint density at radius 2 is 1.31 bits per heavy atom. The number of ketones is 1. The Hall–Kier alpha value is -1.68. The molecule has 3 rings (SSSR count). The Bertz CT molecular complexity index is 840. The fraction of sp³-hybridized carbons (Fsp3) is 0.656. The molecule has 0 bridgehead atoms. The molecule has 1 aliphatic carbocycles. The molecule has 36 heavy (non-hydrogen) atoms. The lowest BCUT2D eigenvalue weighted by atomic mass is 10.1. The number of thioether (sulfide) groups is 1. The van der Waals surface area contributed by atoms with Gasteiger partial charge in [0.05, 0.1) is 5.69 Å². The summed E-state index contributed by atoms with van der Waals surface area (Å²) in [5.74, 6) is 0.202. The van der Waals surface area contributed by atoms with Gasteiger partial charge in [-0.05, 0) is 43.2 Å². The fourth-order valence-electron chi connectivity index (χ4n) is 5.20. The highest BCUT2D eigenvalue weighted by molar-refractivity contribution is 8.03. The van der Waals surface area contributed by atoms with Crippen LogP contribution in [-0.2, 0) is 4.79 Å². The zero-order valence-corrected chi connectivity index (χ0v) is 23.9. The first-order chi connectivity index (χ1) is 17.7. The van der Waals surface area contributed by atoms with E-state index in [-0.39, 0.29) is 5.78 Å². The van der Waals surface area contributed by atoms with E-state index in [2.05, 4.69) is 42.3 Å². The van der Waals surface area contributed by atoms with Crippen molar-refractivity contribution in [2.24, 2.45) is 0 Å². The van der Waals surface area contributed by atoms with Crippen molar-refractivity contribution in [1.82, 2.24) is 0 Å². The van der Waals surface area contributed by atoms with Crippen LogP contribution in [0.15, 0.2) is 45.8 Å². The average molecular weight is 511 g/mol. The Balaban J connectivity index is 1.51. The van der Waals surface area contributed by atoms with Gasteiger partial charge in [-0.3, -0.25) is 4.79 Å². The molecule has 1 heterocycles. The van der Waals surface area contributed by atoms with Crippen molar-refractivity contribution in [1.29, 1.82) is 0 Å². The van der Waals surface area contributed by atoms with Gasteiger partial charge in [-0.25, -0.2) is 0 Å². The van der Waals surface area contributed by atoms with E-state index in [1.807, 2.05) is 6.08 Å². The van der Waals surface area contributed by atoms with Gasteiger partial charge in [0, 0.05) is 40.7 Å². The lowest BCUT2D eigenvalue weighted by Crippen LogP contribution is -2.26. The number of nitrogens with zero attached hydrogens (tertiary/aromatic N) is 1. The number of carbonyl (C=O) groups is 1. The molecular formula is C32H50N2OS. The highest BCUT2D eigenvalue weighted by Gasteiger charge is 2.22. The maximum absolute atomic E-state index is 11.9. The summed E-state index contributed by atoms with van der Waals surface area (Å²) < 4.78 is 0. The van der Waals surface area contributed by atoms with E-state index >= 15 is 0 Å². The smallest absolute Gasteiger partial charge is 0.160 e. The molecule has 1 aromatic rings. The molecule has 1 N–H and O–H groups in total. The van der Waals surface area contributed by atoms with Crippen molar-refractivity contribution in [3.8, 4) is 0 Å². The SMILES string of the molecule is CCCCCCCCCCN(CCCCCCCCCC)c1ccc2c(c1)SC1=C(C=CC(=O)C1)N2. The number of hydrogen-bond acceptors (Lipinski definition) is 4. The first-order valence-electron chi connectivity index (χ1n) is 15.0. The molecule has 0 spiro atoms. The van der Waals surface area contributed by atoms with Crippen LogP contribution in [0.25, 0.3) is 0 Å². The van der Waals surface area contributed by atoms with Crippen LogP contribution in [0.2, 0.25) is 0 Å². The van der Waals surface area contributed by atoms with Crippen LogP contribution in [0.3, 0.4) is 0 Å². The summed E-state index contributed by atoms with van der Waals surface area (Å²) in [7, 11) is 0. The third-order valence-electron chi connectivity index (χ3n) is 7.47. The summed E-state index contributed by atoms with van der Waals surface area (Å²) in [6.45, 7) is 6.88. The summed E-state index contributed by atoms with van der Waals surface area (Å²) in [5.41, 5.74) is 3.60. The minimum absolute atomic E-state index is 0.202. The quantitative estimate of drug-likeness (QED) is 0.188. The Labute approximate surface area is 225 Å². The van der Waals surface area contributed by atoms with E-state index in [0.717, 1.165) is 23.7 Å². The van der Waals surface area contributed by atoms with E-state index in [4.69, 9.17) is 0 Å². The number of rotatable bonds is 19. The molecule has 0 saturated carbocycles. The van der Waals surface area contributed by atoms with Crippen molar-refractivity contribution in [2.75, 3.05) is 23.3 Å². The molecule has 0 atom stereocenters.